The lowest BCUT2D eigenvalue weighted by atomic mass is 10.1. The van der Waals surface area contributed by atoms with Gasteiger partial charge in [-0.15, -0.1) is 0 Å². The van der Waals surface area contributed by atoms with E-state index in [1.807, 2.05) is 0 Å². The molecule has 4 N–H and O–H groups in total. The molecule has 23 heavy (non-hydrogen) atoms. The Balaban J connectivity index is 2.35. The number of hydrogen-bond donors (Lipinski definition) is 2. The molecule has 0 fully saturated rings. The van der Waals surface area contributed by atoms with E-state index in [1.165, 1.54) is 6.20 Å². The molecule has 1 aromatic carbocycles. The third-order valence-corrected chi connectivity index (χ3v) is 3.85. The molecule has 0 bridgehead atoms. The first-order valence-corrected chi connectivity index (χ1v) is 7.50. The SMILES string of the molecule is CCOC(=O)Cc1c(Oc2ccc(N)c(Cl)c2Cl)ccnc1N. The van der Waals surface area contributed by atoms with E-state index < -0.39 is 5.97 Å². The van der Waals surface area contributed by atoms with Gasteiger partial charge in [0.1, 0.15) is 22.3 Å². The van der Waals surface area contributed by atoms with Crippen molar-refractivity contribution in [2.45, 2.75) is 13.3 Å². The van der Waals surface area contributed by atoms with Crippen LogP contribution in [-0.2, 0) is 16.0 Å². The number of benzene rings is 1. The number of nitrogens with zero attached hydrogens (tertiary/aromatic N) is 1. The maximum Gasteiger partial charge on any atom is 0.310 e. The molecule has 0 saturated carbocycles. The number of nitrogens with two attached hydrogens (primary N) is 2. The Kier molecular flexibility index (Phi) is 5.52. The molecule has 2 rings (SSSR count). The molecule has 0 aliphatic carbocycles. The lowest BCUT2D eigenvalue weighted by molar-refractivity contribution is -0.142. The van der Waals surface area contributed by atoms with Gasteiger partial charge in [0.15, 0.2) is 0 Å². The highest BCUT2D eigenvalue weighted by Gasteiger charge is 2.17. The Bertz CT molecular complexity index is 738. The van der Waals surface area contributed by atoms with Crippen LogP contribution in [0.1, 0.15) is 12.5 Å². The smallest absolute Gasteiger partial charge is 0.310 e. The van der Waals surface area contributed by atoms with Crippen LogP contribution in [0.2, 0.25) is 10.0 Å². The van der Waals surface area contributed by atoms with E-state index >= 15 is 0 Å². The number of rotatable bonds is 5. The molecule has 0 aliphatic heterocycles. The van der Waals surface area contributed by atoms with Gasteiger partial charge in [0.2, 0.25) is 0 Å². The number of aromatic nitrogens is 1. The predicted octanol–water partition coefficient (Wildman–Crippen LogP) is 3.45. The fraction of sp³-hybridized carbons (Fsp3) is 0.200. The van der Waals surface area contributed by atoms with Gasteiger partial charge in [-0.1, -0.05) is 23.2 Å². The number of esters is 1. The summed E-state index contributed by atoms with van der Waals surface area (Å²) in [6.07, 6.45) is 1.40. The van der Waals surface area contributed by atoms with Crippen molar-refractivity contribution < 1.29 is 14.3 Å². The van der Waals surface area contributed by atoms with E-state index in [1.54, 1.807) is 25.1 Å². The molecule has 8 heteroatoms. The average Bonchev–Trinajstić information content (AvgIpc) is 2.51. The van der Waals surface area contributed by atoms with Crippen molar-refractivity contribution >= 4 is 40.7 Å². The van der Waals surface area contributed by atoms with Crippen molar-refractivity contribution in [3.05, 3.63) is 40.0 Å². The minimum absolute atomic E-state index is 0.0663. The number of hydrogen-bond acceptors (Lipinski definition) is 6. The van der Waals surface area contributed by atoms with Gasteiger partial charge < -0.3 is 20.9 Å². The van der Waals surface area contributed by atoms with E-state index in [0.29, 0.717) is 22.7 Å². The molecule has 6 nitrogen and oxygen atoms in total. The van der Waals surface area contributed by atoms with Crippen molar-refractivity contribution in [2.75, 3.05) is 18.1 Å². The molecule has 0 amide bonds. The molecular formula is C15H15Cl2N3O3. The quantitative estimate of drug-likeness (QED) is 0.629. The van der Waals surface area contributed by atoms with E-state index in [2.05, 4.69) is 4.98 Å². The first kappa shape index (κ1) is 17.2. The van der Waals surface area contributed by atoms with Crippen molar-refractivity contribution in [3.63, 3.8) is 0 Å². The molecule has 0 aliphatic rings. The van der Waals surface area contributed by atoms with Crippen LogP contribution in [0.15, 0.2) is 24.4 Å². The summed E-state index contributed by atoms with van der Waals surface area (Å²) in [5.74, 6) is 0.376. The molecule has 0 unspecified atom stereocenters. The zero-order chi connectivity index (χ0) is 17.0. The maximum absolute atomic E-state index is 11.7. The highest BCUT2D eigenvalue weighted by atomic mass is 35.5. The molecule has 122 valence electrons. The number of anilines is 2. The Hall–Kier alpha value is -2.18. The largest absolute Gasteiger partial charge is 0.466 e. The minimum Gasteiger partial charge on any atom is -0.466 e. The zero-order valence-electron chi connectivity index (χ0n) is 12.3. The van der Waals surface area contributed by atoms with Gasteiger partial charge in [-0.3, -0.25) is 4.79 Å². The van der Waals surface area contributed by atoms with Crippen LogP contribution >= 0.6 is 23.2 Å². The van der Waals surface area contributed by atoms with Crippen LogP contribution in [0, 0.1) is 0 Å². The summed E-state index contributed by atoms with van der Waals surface area (Å²) >= 11 is 12.1. The summed E-state index contributed by atoms with van der Waals surface area (Å²) in [7, 11) is 0. The summed E-state index contributed by atoms with van der Waals surface area (Å²) in [6, 6.07) is 4.72. The third-order valence-electron chi connectivity index (χ3n) is 2.97. The molecule has 0 radical (unpaired) electrons. The average molecular weight is 356 g/mol. The number of nitrogen functional groups attached to an aromatic ring is 2. The normalized spacial score (nSPS) is 10.4. The van der Waals surface area contributed by atoms with Gasteiger partial charge in [-0.2, -0.15) is 0 Å². The summed E-state index contributed by atoms with van der Waals surface area (Å²) in [5, 5.41) is 0.363. The second kappa shape index (κ2) is 7.39. The molecule has 0 atom stereocenters. The summed E-state index contributed by atoms with van der Waals surface area (Å²) < 4.78 is 10.7. The Morgan fingerprint density at radius 2 is 1.91 bits per heavy atom. The van der Waals surface area contributed by atoms with Crippen LogP contribution in [0.5, 0.6) is 11.5 Å². The van der Waals surface area contributed by atoms with Crippen LogP contribution < -0.4 is 16.2 Å². The fourth-order valence-electron chi connectivity index (χ4n) is 1.86. The predicted molar refractivity (Wildman–Crippen MR) is 89.9 cm³/mol. The van der Waals surface area contributed by atoms with Crippen LogP contribution in [0.4, 0.5) is 11.5 Å². The molecule has 1 aromatic heterocycles. The van der Waals surface area contributed by atoms with E-state index in [0.717, 1.165) is 0 Å². The number of pyridine rings is 1. The van der Waals surface area contributed by atoms with Gasteiger partial charge in [0.05, 0.1) is 23.7 Å². The topological polar surface area (TPSA) is 100 Å². The molecule has 0 saturated heterocycles. The lowest BCUT2D eigenvalue weighted by Crippen LogP contribution is -2.11. The van der Waals surface area contributed by atoms with E-state index in [4.69, 9.17) is 44.1 Å². The lowest BCUT2D eigenvalue weighted by Gasteiger charge is -2.14. The maximum atomic E-state index is 11.7. The minimum atomic E-state index is -0.432. The zero-order valence-corrected chi connectivity index (χ0v) is 13.8. The highest BCUT2D eigenvalue weighted by Crippen LogP contribution is 2.39. The Labute approximate surface area is 143 Å². The van der Waals surface area contributed by atoms with Gasteiger partial charge >= 0.3 is 5.97 Å². The second-order valence-electron chi connectivity index (χ2n) is 4.54. The number of carbonyl (C=O) groups excluding carboxylic acids is 1. The monoisotopic (exact) mass is 355 g/mol. The summed E-state index contributed by atoms with van der Waals surface area (Å²) in [5.41, 5.74) is 12.3. The highest BCUT2D eigenvalue weighted by molar-refractivity contribution is 6.44. The van der Waals surface area contributed by atoms with Gasteiger partial charge in [-0.05, 0) is 25.1 Å². The number of carbonyl (C=O) groups is 1. The molecule has 1 heterocycles. The van der Waals surface area contributed by atoms with Crippen molar-refractivity contribution in [2.24, 2.45) is 0 Å². The van der Waals surface area contributed by atoms with E-state index in [-0.39, 0.29) is 28.9 Å². The van der Waals surface area contributed by atoms with Gasteiger partial charge in [-0.25, -0.2) is 4.98 Å². The van der Waals surface area contributed by atoms with Gasteiger partial charge in [0.25, 0.3) is 0 Å². The first-order chi connectivity index (χ1) is 10.9. The van der Waals surface area contributed by atoms with E-state index in [9.17, 15) is 4.79 Å². The molecular weight excluding hydrogens is 341 g/mol. The Morgan fingerprint density at radius 1 is 1.17 bits per heavy atom. The van der Waals surface area contributed by atoms with Crippen molar-refractivity contribution in [3.8, 4) is 11.5 Å². The van der Waals surface area contributed by atoms with Gasteiger partial charge in [0, 0.05) is 11.8 Å². The first-order valence-electron chi connectivity index (χ1n) is 6.74. The third kappa shape index (κ3) is 3.97. The molecule has 2 aromatic rings. The summed E-state index contributed by atoms with van der Waals surface area (Å²) in [4.78, 5) is 15.7. The van der Waals surface area contributed by atoms with Crippen molar-refractivity contribution in [1.29, 1.82) is 0 Å². The number of ether oxygens (including phenoxy) is 2. The fourth-order valence-corrected chi connectivity index (χ4v) is 2.23. The van der Waals surface area contributed by atoms with Crippen molar-refractivity contribution in [1.82, 2.24) is 4.98 Å². The van der Waals surface area contributed by atoms with Crippen LogP contribution in [0.3, 0.4) is 0 Å². The standard InChI is InChI=1S/C15H15Cl2N3O3/c1-2-22-12(21)7-8-10(5-6-20-15(8)19)23-11-4-3-9(18)13(16)14(11)17/h3-6H,2,7,18H2,1H3,(H2,19,20). The summed E-state index contributed by atoms with van der Waals surface area (Å²) in [6.45, 7) is 1.99. The molecule has 0 spiro atoms. The second-order valence-corrected chi connectivity index (χ2v) is 5.29. The van der Waals surface area contributed by atoms with Crippen LogP contribution in [-0.4, -0.2) is 17.6 Å². The number of halogens is 2. The van der Waals surface area contributed by atoms with Crippen LogP contribution in [0.25, 0.3) is 0 Å². The Morgan fingerprint density at radius 3 is 2.61 bits per heavy atom.